The van der Waals surface area contributed by atoms with Crippen LogP contribution in [0.2, 0.25) is 0 Å². The van der Waals surface area contributed by atoms with Gasteiger partial charge in [-0.25, -0.2) is 4.79 Å². The summed E-state index contributed by atoms with van der Waals surface area (Å²) in [6.45, 7) is 17.9. The van der Waals surface area contributed by atoms with Crippen LogP contribution in [-0.2, 0) is 28.5 Å². The summed E-state index contributed by atoms with van der Waals surface area (Å²) in [5, 5.41) is 76.9. The summed E-state index contributed by atoms with van der Waals surface area (Å²) in [5.74, 6) is -0.228. The van der Waals surface area contributed by atoms with Crippen molar-refractivity contribution in [3.63, 3.8) is 0 Å². The van der Waals surface area contributed by atoms with E-state index in [1.165, 1.54) is 12.5 Å². The van der Waals surface area contributed by atoms with Gasteiger partial charge >= 0.3 is 5.97 Å². The number of methoxy groups -OCH3 is 1. The molecule has 56 heavy (non-hydrogen) atoms. The van der Waals surface area contributed by atoms with Crippen LogP contribution < -0.4 is 0 Å². The largest absolute Gasteiger partial charge is 0.467 e. The molecule has 13 nitrogen and oxygen atoms in total. The fourth-order valence-corrected chi connectivity index (χ4v) is 13.8. The Morgan fingerprint density at radius 2 is 1.48 bits per heavy atom. The minimum Gasteiger partial charge on any atom is -0.467 e. The van der Waals surface area contributed by atoms with Gasteiger partial charge in [0.1, 0.15) is 36.6 Å². The SMILES string of the molecule is COC(=O)[C@H]1O[C@@H](O[C@H]2CC[C@]3(C)[C@H]4CC=C5[C@@H]6CC(C)(C)CC[C@]6(CO)[C@H](O)C[C@@]5(C)[C@]4(C)CC[C@H]3C2(C)C)[C@H](O[C@@H]2O[C@@H](C)[C@H](O)[C@@H](O)[C@H]2O)[C@@H](O)[C@@H]1O. The smallest absolute Gasteiger partial charge is 0.337 e. The normalized spacial score (nSPS) is 53.7. The molecule has 2 aliphatic heterocycles. The molecule has 7 aliphatic rings. The average Bonchev–Trinajstić information content (AvgIpc) is 3.13. The van der Waals surface area contributed by atoms with Crippen molar-refractivity contribution in [2.75, 3.05) is 13.7 Å². The molecule has 0 unspecified atom stereocenters. The van der Waals surface area contributed by atoms with Crippen LogP contribution in [0.4, 0.5) is 0 Å². The predicted molar refractivity (Wildman–Crippen MR) is 202 cm³/mol. The highest BCUT2D eigenvalue weighted by Crippen LogP contribution is 2.76. The van der Waals surface area contributed by atoms with Gasteiger partial charge in [0.05, 0.1) is 32.0 Å². The third-order valence-electron chi connectivity index (χ3n) is 17.5. The molecule has 13 heteroatoms. The quantitative estimate of drug-likeness (QED) is 0.118. The zero-order chi connectivity index (χ0) is 41.1. The number of carbonyl (C=O) groups is 1. The minimum absolute atomic E-state index is 0.00325. The van der Waals surface area contributed by atoms with Crippen LogP contribution in [0.5, 0.6) is 0 Å². The van der Waals surface area contributed by atoms with Crippen LogP contribution in [0.3, 0.4) is 0 Å². The number of hydrogen-bond donors (Lipinski definition) is 7. The van der Waals surface area contributed by atoms with Gasteiger partial charge in [-0.15, -0.1) is 0 Å². The molecule has 0 spiro atoms. The van der Waals surface area contributed by atoms with Crippen LogP contribution in [0.15, 0.2) is 11.6 Å². The van der Waals surface area contributed by atoms with E-state index >= 15 is 0 Å². The summed E-state index contributed by atoms with van der Waals surface area (Å²) in [6, 6.07) is 0. The molecule has 0 bridgehead atoms. The zero-order valence-electron chi connectivity index (χ0n) is 34.9. The van der Waals surface area contributed by atoms with Gasteiger partial charge in [0.2, 0.25) is 0 Å². The number of hydrogen-bond acceptors (Lipinski definition) is 13. The molecule has 7 rings (SSSR count). The number of allylic oxidation sites excluding steroid dienone is 2. The topological polar surface area (TPSA) is 205 Å². The highest BCUT2D eigenvalue weighted by Gasteiger charge is 2.70. The molecule has 0 amide bonds. The van der Waals surface area contributed by atoms with Crippen LogP contribution in [0, 0.1) is 50.2 Å². The van der Waals surface area contributed by atoms with E-state index in [0.29, 0.717) is 18.8 Å². The van der Waals surface area contributed by atoms with Gasteiger partial charge < -0.3 is 59.4 Å². The van der Waals surface area contributed by atoms with E-state index in [1.54, 1.807) is 0 Å². The van der Waals surface area contributed by atoms with Gasteiger partial charge in [0.25, 0.3) is 0 Å². The van der Waals surface area contributed by atoms with Crippen LogP contribution in [0.1, 0.15) is 113 Å². The van der Waals surface area contributed by atoms with Crippen molar-refractivity contribution in [1.29, 1.82) is 0 Å². The van der Waals surface area contributed by atoms with Crippen molar-refractivity contribution in [3.8, 4) is 0 Å². The fraction of sp³-hybridized carbons (Fsp3) is 0.930. The molecule has 5 aliphatic carbocycles. The van der Waals surface area contributed by atoms with E-state index in [9.17, 15) is 40.5 Å². The van der Waals surface area contributed by atoms with Crippen molar-refractivity contribution in [3.05, 3.63) is 11.6 Å². The Kier molecular flexibility index (Phi) is 11.1. The third-order valence-corrected chi connectivity index (χ3v) is 17.5. The van der Waals surface area contributed by atoms with Crippen LogP contribution in [0.25, 0.3) is 0 Å². The molecule has 0 aromatic rings. The van der Waals surface area contributed by atoms with Crippen molar-refractivity contribution >= 4 is 5.97 Å². The molecular formula is C43H70O13. The van der Waals surface area contributed by atoms with E-state index < -0.39 is 90.4 Å². The van der Waals surface area contributed by atoms with Crippen molar-refractivity contribution in [2.24, 2.45) is 50.2 Å². The van der Waals surface area contributed by atoms with Crippen LogP contribution >= 0.6 is 0 Å². The Morgan fingerprint density at radius 3 is 2.14 bits per heavy atom. The van der Waals surface area contributed by atoms with E-state index in [4.69, 9.17) is 23.7 Å². The summed E-state index contributed by atoms with van der Waals surface area (Å²) < 4.78 is 29.5. The number of aliphatic hydroxyl groups excluding tert-OH is 7. The lowest BCUT2D eigenvalue weighted by Crippen LogP contribution is -2.68. The number of ether oxygens (including phenoxy) is 5. The molecule has 0 aromatic heterocycles. The minimum atomic E-state index is -1.76. The lowest BCUT2D eigenvalue weighted by atomic mass is 9.33. The predicted octanol–water partition coefficient (Wildman–Crippen LogP) is 2.97. The fourth-order valence-electron chi connectivity index (χ4n) is 13.8. The summed E-state index contributed by atoms with van der Waals surface area (Å²) in [5.41, 5.74) is 0.236. The second kappa shape index (κ2) is 14.5. The molecule has 6 fully saturated rings. The van der Waals surface area contributed by atoms with E-state index in [2.05, 4.69) is 54.5 Å². The van der Waals surface area contributed by atoms with Crippen molar-refractivity contribution < 1.29 is 64.2 Å². The lowest BCUT2D eigenvalue weighted by molar-refractivity contribution is -0.372. The monoisotopic (exact) mass is 794 g/mol. The number of aliphatic hydroxyl groups is 7. The standard InChI is InChI=1S/C43H70O13/c1-21-28(46)29(47)32(50)36(53-21)56-34-31(49)30(48)33(35(51)52-9)55-37(34)54-27-13-14-40(6)24(39(27,4)5)12-15-41(7)25(40)11-10-22-23-18-38(2,3)16-17-43(23,20-44)26(45)19-42(22,41)8/h10,21,23-34,36-37,44-50H,11-20H2,1-9H3/t21-,23-,24-,25+,26+,27-,28-,29+,30-,31-,32+,33-,34+,36-,37+,40-,41+,42+,43+/m0/s1. The Morgan fingerprint density at radius 1 is 0.786 bits per heavy atom. The van der Waals surface area contributed by atoms with E-state index in [-0.39, 0.29) is 40.1 Å². The first-order valence-corrected chi connectivity index (χ1v) is 21.1. The lowest BCUT2D eigenvalue weighted by Gasteiger charge is -2.72. The Labute approximate surface area is 332 Å². The highest BCUT2D eigenvalue weighted by molar-refractivity contribution is 5.75. The van der Waals surface area contributed by atoms with Gasteiger partial charge in [0.15, 0.2) is 18.7 Å². The van der Waals surface area contributed by atoms with Gasteiger partial charge in [-0.1, -0.05) is 60.1 Å². The molecule has 2 saturated heterocycles. The van der Waals surface area contributed by atoms with Crippen LogP contribution in [-0.4, -0.2) is 129 Å². The third kappa shape index (κ3) is 6.22. The zero-order valence-corrected chi connectivity index (χ0v) is 34.9. The van der Waals surface area contributed by atoms with Gasteiger partial charge in [0, 0.05) is 5.41 Å². The molecule has 19 atom stereocenters. The van der Waals surface area contributed by atoms with Crippen molar-refractivity contribution in [2.45, 2.75) is 187 Å². The first kappa shape index (κ1) is 42.9. The van der Waals surface area contributed by atoms with E-state index in [0.717, 1.165) is 52.1 Å². The average molecular weight is 795 g/mol. The molecule has 4 saturated carbocycles. The maximum Gasteiger partial charge on any atom is 0.337 e. The second-order valence-corrected chi connectivity index (χ2v) is 21.0. The first-order chi connectivity index (χ1) is 26.0. The number of fused-ring (bicyclic) bond motifs is 7. The Hall–Kier alpha value is -1.23. The molecule has 7 N–H and O–H groups in total. The molecule has 0 aromatic carbocycles. The molecular weight excluding hydrogens is 724 g/mol. The number of esters is 1. The summed E-state index contributed by atoms with van der Waals surface area (Å²) in [6.07, 6.45) is -5.80. The second-order valence-electron chi connectivity index (χ2n) is 21.0. The first-order valence-electron chi connectivity index (χ1n) is 21.1. The summed E-state index contributed by atoms with van der Waals surface area (Å²) in [7, 11) is 1.16. The highest BCUT2D eigenvalue weighted by atomic mass is 16.8. The van der Waals surface area contributed by atoms with Crippen molar-refractivity contribution in [1.82, 2.24) is 0 Å². The van der Waals surface area contributed by atoms with Gasteiger partial charge in [-0.05, 0) is 110 Å². The number of rotatable bonds is 6. The van der Waals surface area contributed by atoms with Gasteiger partial charge in [-0.3, -0.25) is 0 Å². The molecule has 0 radical (unpaired) electrons. The van der Waals surface area contributed by atoms with E-state index in [1.807, 2.05) is 0 Å². The maximum absolute atomic E-state index is 12.8. The summed E-state index contributed by atoms with van der Waals surface area (Å²) >= 11 is 0. The molecule has 320 valence electrons. The Bertz CT molecular complexity index is 1520. The number of carbonyl (C=O) groups excluding carboxylic acids is 1. The van der Waals surface area contributed by atoms with Gasteiger partial charge in [-0.2, -0.15) is 0 Å². The molecule has 2 heterocycles. The summed E-state index contributed by atoms with van der Waals surface area (Å²) in [4.78, 5) is 12.8. The Balaban J connectivity index is 1.17. The maximum atomic E-state index is 12.8.